The van der Waals surface area contributed by atoms with Gasteiger partial charge in [0.15, 0.2) is 0 Å². The molecule has 20 heavy (non-hydrogen) atoms. The van der Waals surface area contributed by atoms with Gasteiger partial charge in [0.05, 0.1) is 28.0 Å². The second-order valence-electron chi connectivity index (χ2n) is 4.75. The van der Waals surface area contributed by atoms with Gasteiger partial charge in [-0.1, -0.05) is 30.1 Å². The maximum absolute atomic E-state index is 6.27. The molecule has 0 fully saturated rings. The summed E-state index contributed by atoms with van der Waals surface area (Å²) in [6, 6.07) is 1.79. The van der Waals surface area contributed by atoms with Crippen LogP contribution in [0.5, 0.6) is 0 Å². The third-order valence-corrected chi connectivity index (χ3v) is 3.51. The van der Waals surface area contributed by atoms with Crippen molar-refractivity contribution in [3.8, 4) is 0 Å². The van der Waals surface area contributed by atoms with E-state index in [1.807, 2.05) is 19.4 Å². The highest BCUT2D eigenvalue weighted by atomic mass is 35.5. The summed E-state index contributed by atoms with van der Waals surface area (Å²) < 4.78 is 1.79. The lowest BCUT2D eigenvalue weighted by Gasteiger charge is -2.18. The first-order chi connectivity index (χ1) is 9.60. The third kappa shape index (κ3) is 3.95. The van der Waals surface area contributed by atoms with Crippen LogP contribution in [0, 0.1) is 0 Å². The molecule has 0 amide bonds. The molecular weight excluding hydrogens is 295 g/mol. The average Bonchev–Trinajstić information content (AvgIpc) is 2.80. The number of pyridine rings is 1. The van der Waals surface area contributed by atoms with E-state index in [-0.39, 0.29) is 6.04 Å². The van der Waals surface area contributed by atoms with Gasteiger partial charge in [-0.05, 0) is 31.0 Å². The Labute approximate surface area is 129 Å². The van der Waals surface area contributed by atoms with Crippen LogP contribution in [0.1, 0.15) is 30.6 Å². The number of nitrogens with zero attached hydrogens (tertiary/aromatic N) is 3. The fraction of sp³-hybridized carbons (Fsp3) is 0.429. The van der Waals surface area contributed by atoms with E-state index in [4.69, 9.17) is 23.2 Å². The van der Waals surface area contributed by atoms with Gasteiger partial charge in [0, 0.05) is 19.4 Å². The zero-order chi connectivity index (χ0) is 14.5. The van der Waals surface area contributed by atoms with Gasteiger partial charge in [-0.3, -0.25) is 9.67 Å². The van der Waals surface area contributed by atoms with E-state index >= 15 is 0 Å². The molecule has 0 aliphatic heterocycles. The zero-order valence-corrected chi connectivity index (χ0v) is 13.1. The predicted octanol–water partition coefficient (Wildman–Crippen LogP) is 3.41. The van der Waals surface area contributed by atoms with Gasteiger partial charge in [0.1, 0.15) is 0 Å². The van der Waals surface area contributed by atoms with Crippen LogP contribution >= 0.6 is 23.2 Å². The summed E-state index contributed by atoms with van der Waals surface area (Å²) >= 11 is 12.2. The van der Waals surface area contributed by atoms with Crippen molar-refractivity contribution in [2.75, 3.05) is 6.54 Å². The molecule has 2 aromatic heterocycles. The maximum Gasteiger partial charge on any atom is 0.0763 e. The largest absolute Gasteiger partial charge is 0.308 e. The van der Waals surface area contributed by atoms with Gasteiger partial charge in [-0.15, -0.1) is 0 Å². The molecule has 2 aromatic rings. The molecular formula is C14H18Cl2N4. The lowest BCUT2D eigenvalue weighted by Crippen LogP contribution is -2.25. The number of halogens is 2. The summed E-state index contributed by atoms with van der Waals surface area (Å²) in [5, 5.41) is 8.81. The smallest absolute Gasteiger partial charge is 0.0763 e. The van der Waals surface area contributed by atoms with Crippen LogP contribution in [0.3, 0.4) is 0 Å². The minimum atomic E-state index is 0.0592. The van der Waals surface area contributed by atoms with Crippen molar-refractivity contribution in [3.05, 3.63) is 46.0 Å². The topological polar surface area (TPSA) is 42.7 Å². The van der Waals surface area contributed by atoms with Crippen molar-refractivity contribution >= 4 is 23.2 Å². The maximum atomic E-state index is 6.27. The normalized spacial score (nSPS) is 12.6. The molecule has 6 heteroatoms. The van der Waals surface area contributed by atoms with E-state index in [1.54, 1.807) is 16.9 Å². The Morgan fingerprint density at radius 1 is 1.35 bits per heavy atom. The molecule has 108 valence electrons. The van der Waals surface area contributed by atoms with Crippen molar-refractivity contribution in [1.82, 2.24) is 20.1 Å². The van der Waals surface area contributed by atoms with Gasteiger partial charge < -0.3 is 5.32 Å². The molecule has 2 heterocycles. The summed E-state index contributed by atoms with van der Waals surface area (Å²) in [4.78, 5) is 4.38. The highest BCUT2D eigenvalue weighted by Crippen LogP contribution is 2.26. The van der Waals surface area contributed by atoms with Gasteiger partial charge in [-0.25, -0.2) is 0 Å². The summed E-state index contributed by atoms with van der Waals surface area (Å²) in [7, 11) is 1.91. The predicted molar refractivity (Wildman–Crippen MR) is 82.2 cm³/mol. The highest BCUT2D eigenvalue weighted by molar-refractivity contribution is 6.34. The van der Waals surface area contributed by atoms with Crippen molar-refractivity contribution in [1.29, 1.82) is 0 Å². The Bertz CT molecular complexity index is 568. The van der Waals surface area contributed by atoms with Gasteiger partial charge in [-0.2, -0.15) is 5.10 Å². The Morgan fingerprint density at radius 2 is 2.15 bits per heavy atom. The first-order valence-electron chi connectivity index (χ1n) is 6.62. The standard InChI is InChI=1S/C14H18Cl2N4/c1-3-4-17-13(5-10-7-19-20(2)9-10)14-12(16)6-11(15)8-18-14/h6-9,13,17H,3-5H2,1-2H3. The van der Waals surface area contributed by atoms with Crippen LogP contribution in [0.4, 0.5) is 0 Å². The molecule has 1 N–H and O–H groups in total. The Balaban J connectivity index is 2.22. The van der Waals surface area contributed by atoms with Crippen molar-refractivity contribution < 1.29 is 0 Å². The minimum Gasteiger partial charge on any atom is -0.308 e. The van der Waals surface area contributed by atoms with Gasteiger partial charge in [0.2, 0.25) is 0 Å². The molecule has 0 saturated carbocycles. The molecule has 0 saturated heterocycles. The van der Waals surface area contributed by atoms with Gasteiger partial charge in [0.25, 0.3) is 0 Å². The fourth-order valence-corrected chi connectivity index (χ4v) is 2.59. The molecule has 1 atom stereocenters. The number of nitrogens with one attached hydrogen (secondary N) is 1. The number of hydrogen-bond donors (Lipinski definition) is 1. The van der Waals surface area contributed by atoms with Crippen molar-refractivity contribution in [2.24, 2.45) is 7.05 Å². The second-order valence-corrected chi connectivity index (χ2v) is 5.60. The fourth-order valence-electron chi connectivity index (χ4n) is 2.08. The summed E-state index contributed by atoms with van der Waals surface area (Å²) in [6.45, 7) is 3.04. The molecule has 0 radical (unpaired) electrons. The number of aromatic nitrogens is 3. The summed E-state index contributed by atoms with van der Waals surface area (Å²) in [5.41, 5.74) is 1.97. The first-order valence-corrected chi connectivity index (χ1v) is 7.37. The van der Waals surface area contributed by atoms with E-state index in [0.717, 1.165) is 30.6 Å². The molecule has 0 aliphatic rings. The zero-order valence-electron chi connectivity index (χ0n) is 11.6. The lowest BCUT2D eigenvalue weighted by molar-refractivity contribution is 0.518. The Kier molecular flexibility index (Phi) is 5.40. The molecule has 1 unspecified atom stereocenters. The van der Waals surface area contributed by atoms with Crippen molar-refractivity contribution in [2.45, 2.75) is 25.8 Å². The van der Waals surface area contributed by atoms with Crippen LogP contribution in [-0.4, -0.2) is 21.3 Å². The van der Waals surface area contributed by atoms with E-state index in [2.05, 4.69) is 22.3 Å². The lowest BCUT2D eigenvalue weighted by atomic mass is 10.1. The number of aryl methyl sites for hydroxylation is 1. The summed E-state index contributed by atoms with van der Waals surface area (Å²) in [5.74, 6) is 0. The first kappa shape index (κ1) is 15.3. The molecule has 4 nitrogen and oxygen atoms in total. The van der Waals surface area contributed by atoms with Crippen LogP contribution in [-0.2, 0) is 13.5 Å². The third-order valence-electron chi connectivity index (χ3n) is 3.01. The Morgan fingerprint density at radius 3 is 2.75 bits per heavy atom. The minimum absolute atomic E-state index is 0.0592. The average molecular weight is 313 g/mol. The monoisotopic (exact) mass is 312 g/mol. The van der Waals surface area contributed by atoms with E-state index in [0.29, 0.717) is 10.0 Å². The number of hydrogen-bond acceptors (Lipinski definition) is 3. The van der Waals surface area contributed by atoms with E-state index < -0.39 is 0 Å². The highest BCUT2D eigenvalue weighted by Gasteiger charge is 2.17. The second kappa shape index (κ2) is 7.07. The molecule has 0 spiro atoms. The summed E-state index contributed by atoms with van der Waals surface area (Å²) in [6.07, 6.45) is 7.35. The SMILES string of the molecule is CCCNC(Cc1cnn(C)c1)c1ncc(Cl)cc1Cl. The van der Waals surface area contributed by atoms with E-state index in [9.17, 15) is 0 Å². The molecule has 0 aromatic carbocycles. The molecule has 2 rings (SSSR count). The van der Waals surface area contributed by atoms with Crippen LogP contribution < -0.4 is 5.32 Å². The van der Waals surface area contributed by atoms with Crippen LogP contribution in [0.2, 0.25) is 10.0 Å². The molecule has 0 aliphatic carbocycles. The number of rotatable bonds is 6. The quantitative estimate of drug-likeness (QED) is 0.889. The molecule has 0 bridgehead atoms. The van der Waals surface area contributed by atoms with Crippen LogP contribution in [0.25, 0.3) is 0 Å². The Hall–Kier alpha value is -1.10. The van der Waals surface area contributed by atoms with E-state index in [1.165, 1.54) is 0 Å². The van der Waals surface area contributed by atoms with Gasteiger partial charge >= 0.3 is 0 Å². The van der Waals surface area contributed by atoms with Crippen molar-refractivity contribution in [3.63, 3.8) is 0 Å². The van der Waals surface area contributed by atoms with Crippen LogP contribution in [0.15, 0.2) is 24.7 Å².